The monoisotopic (exact) mass is 242 g/mol. The zero-order valence-corrected chi connectivity index (χ0v) is 9.33. The van der Waals surface area contributed by atoms with Gasteiger partial charge in [0.05, 0.1) is 6.10 Å². The van der Waals surface area contributed by atoms with E-state index in [0.29, 0.717) is 0 Å². The Hall–Kier alpha value is -1.53. The van der Waals surface area contributed by atoms with Crippen molar-refractivity contribution in [3.63, 3.8) is 0 Å². The maximum atomic E-state index is 11.5. The van der Waals surface area contributed by atoms with E-state index < -0.39 is 42.3 Å². The number of esters is 1. The summed E-state index contributed by atoms with van der Waals surface area (Å²) >= 11 is 0. The number of hydrogen-bond donors (Lipinski definition) is 2. The van der Waals surface area contributed by atoms with Crippen molar-refractivity contribution in [1.29, 1.82) is 0 Å². The molecule has 0 aromatic rings. The summed E-state index contributed by atoms with van der Waals surface area (Å²) in [5, 5.41) is 18.5. The van der Waals surface area contributed by atoms with Crippen LogP contribution in [0.3, 0.4) is 0 Å². The van der Waals surface area contributed by atoms with Crippen LogP contribution in [0.1, 0.15) is 13.3 Å². The van der Waals surface area contributed by atoms with Crippen LogP contribution in [-0.2, 0) is 19.1 Å². The van der Waals surface area contributed by atoms with Gasteiger partial charge in [0.25, 0.3) is 0 Å². The highest BCUT2D eigenvalue weighted by atomic mass is 16.5. The Kier molecular flexibility index (Phi) is 4.53. The van der Waals surface area contributed by atoms with Gasteiger partial charge < -0.3 is 14.9 Å². The number of carbonyl (C=O) groups excluding carboxylic acids is 3. The molecule has 3 atom stereocenters. The molecule has 0 spiro atoms. The van der Waals surface area contributed by atoms with Crippen LogP contribution in [-0.4, -0.2) is 46.6 Å². The van der Waals surface area contributed by atoms with Gasteiger partial charge >= 0.3 is 5.97 Å². The summed E-state index contributed by atoms with van der Waals surface area (Å²) in [6.07, 6.45) is -0.636. The standard InChI is InChI=1S/C11H14O6/c1-2-3-9(14)17-5-6-7(12)4-8(13)11(16)10(6)15/h2-3,6,8,11,13,16H,4-5H2,1H3/t6?,8-,11-/m1/s1. The second kappa shape index (κ2) is 5.70. The summed E-state index contributed by atoms with van der Waals surface area (Å²) < 4.78 is 4.69. The van der Waals surface area contributed by atoms with Gasteiger partial charge in [0, 0.05) is 12.5 Å². The van der Waals surface area contributed by atoms with Crippen molar-refractivity contribution in [3.05, 3.63) is 12.2 Å². The third-order valence-electron chi connectivity index (χ3n) is 2.49. The molecule has 0 radical (unpaired) electrons. The van der Waals surface area contributed by atoms with Gasteiger partial charge in [0.2, 0.25) is 0 Å². The van der Waals surface area contributed by atoms with E-state index in [0.717, 1.165) is 6.08 Å². The first-order valence-corrected chi connectivity index (χ1v) is 5.19. The lowest BCUT2D eigenvalue weighted by atomic mass is 9.83. The average molecular weight is 242 g/mol. The Balaban J connectivity index is 2.61. The molecule has 1 aliphatic rings. The van der Waals surface area contributed by atoms with Crippen LogP contribution in [0.2, 0.25) is 0 Å². The predicted octanol–water partition coefficient (Wildman–Crippen LogP) is -1.01. The van der Waals surface area contributed by atoms with Gasteiger partial charge in [-0.2, -0.15) is 0 Å². The first kappa shape index (κ1) is 13.5. The molecule has 1 fully saturated rings. The molecule has 2 N–H and O–H groups in total. The molecule has 6 nitrogen and oxygen atoms in total. The maximum Gasteiger partial charge on any atom is 0.330 e. The number of ketones is 2. The first-order valence-electron chi connectivity index (χ1n) is 5.19. The quantitative estimate of drug-likeness (QED) is 0.373. The molecule has 1 rings (SSSR count). The van der Waals surface area contributed by atoms with Crippen LogP contribution in [0.4, 0.5) is 0 Å². The molecule has 0 heterocycles. The Morgan fingerprint density at radius 1 is 1.47 bits per heavy atom. The Bertz CT molecular complexity index is 359. The summed E-state index contributed by atoms with van der Waals surface area (Å²) in [5.41, 5.74) is 0. The number of ether oxygens (including phenoxy) is 1. The fourth-order valence-electron chi connectivity index (χ4n) is 1.54. The fourth-order valence-corrected chi connectivity index (χ4v) is 1.54. The topological polar surface area (TPSA) is 101 Å². The Labute approximate surface area is 97.9 Å². The highest BCUT2D eigenvalue weighted by Gasteiger charge is 2.42. The highest BCUT2D eigenvalue weighted by molar-refractivity contribution is 6.07. The largest absolute Gasteiger partial charge is 0.461 e. The number of rotatable bonds is 3. The first-order chi connectivity index (χ1) is 7.97. The molecule has 0 aliphatic heterocycles. The van der Waals surface area contributed by atoms with Crippen molar-refractivity contribution in [3.8, 4) is 0 Å². The van der Waals surface area contributed by atoms with E-state index in [2.05, 4.69) is 4.74 Å². The normalized spacial score (nSPS) is 29.7. The predicted molar refractivity (Wildman–Crippen MR) is 55.9 cm³/mol. The molecule has 1 saturated carbocycles. The van der Waals surface area contributed by atoms with Gasteiger partial charge in [-0.25, -0.2) is 4.79 Å². The molecule has 0 aromatic carbocycles. The average Bonchev–Trinajstić information content (AvgIpc) is 2.26. The number of aliphatic hydroxyl groups excluding tert-OH is 2. The van der Waals surface area contributed by atoms with Crippen molar-refractivity contribution in [2.45, 2.75) is 25.6 Å². The molecule has 0 amide bonds. The van der Waals surface area contributed by atoms with Crippen LogP contribution < -0.4 is 0 Å². The minimum atomic E-state index is -1.59. The van der Waals surface area contributed by atoms with Crippen LogP contribution in [0, 0.1) is 5.92 Å². The minimum absolute atomic E-state index is 0.307. The molecule has 6 heteroatoms. The van der Waals surface area contributed by atoms with E-state index in [-0.39, 0.29) is 6.42 Å². The smallest absolute Gasteiger partial charge is 0.330 e. The molecule has 0 saturated heterocycles. The molecule has 0 aromatic heterocycles. The SMILES string of the molecule is CC=CC(=O)OCC1C(=O)C[C@@H](O)[C@@H](O)C1=O. The minimum Gasteiger partial charge on any atom is -0.461 e. The van der Waals surface area contributed by atoms with Crippen LogP contribution in [0.5, 0.6) is 0 Å². The van der Waals surface area contributed by atoms with Gasteiger partial charge in [-0.1, -0.05) is 6.08 Å². The van der Waals surface area contributed by atoms with Gasteiger partial charge in [0.15, 0.2) is 5.78 Å². The summed E-state index contributed by atoms with van der Waals surface area (Å²) in [5.74, 6) is -3.17. The van der Waals surface area contributed by atoms with Gasteiger partial charge in [0.1, 0.15) is 24.4 Å². The third-order valence-corrected chi connectivity index (χ3v) is 2.49. The van der Waals surface area contributed by atoms with Gasteiger partial charge in [-0.3, -0.25) is 9.59 Å². The molecular weight excluding hydrogens is 228 g/mol. The van der Waals surface area contributed by atoms with E-state index in [9.17, 15) is 24.6 Å². The molecular formula is C11H14O6. The van der Waals surface area contributed by atoms with Crippen molar-refractivity contribution in [1.82, 2.24) is 0 Å². The molecule has 0 bridgehead atoms. The second-order valence-corrected chi connectivity index (χ2v) is 3.77. The molecule has 1 aliphatic carbocycles. The Morgan fingerprint density at radius 2 is 2.12 bits per heavy atom. The third kappa shape index (κ3) is 3.21. The van der Waals surface area contributed by atoms with Gasteiger partial charge in [-0.05, 0) is 6.92 Å². The zero-order chi connectivity index (χ0) is 13.0. The van der Waals surface area contributed by atoms with E-state index in [1.54, 1.807) is 6.92 Å². The molecule has 17 heavy (non-hydrogen) atoms. The lowest BCUT2D eigenvalue weighted by Gasteiger charge is -2.27. The van der Waals surface area contributed by atoms with Crippen molar-refractivity contribution < 1.29 is 29.3 Å². The summed E-state index contributed by atoms with van der Waals surface area (Å²) in [6, 6.07) is 0. The summed E-state index contributed by atoms with van der Waals surface area (Å²) in [6.45, 7) is 1.23. The zero-order valence-electron chi connectivity index (χ0n) is 9.33. The number of allylic oxidation sites excluding steroid dienone is 1. The number of Topliss-reactive ketones (excluding diaryl/α,β-unsaturated/α-hetero) is 2. The van der Waals surface area contributed by atoms with Crippen LogP contribution in [0.15, 0.2) is 12.2 Å². The maximum absolute atomic E-state index is 11.5. The highest BCUT2D eigenvalue weighted by Crippen LogP contribution is 2.19. The summed E-state index contributed by atoms with van der Waals surface area (Å²) in [7, 11) is 0. The van der Waals surface area contributed by atoms with E-state index in [1.807, 2.05) is 0 Å². The lowest BCUT2D eigenvalue weighted by Crippen LogP contribution is -2.49. The van der Waals surface area contributed by atoms with Crippen LogP contribution >= 0.6 is 0 Å². The lowest BCUT2D eigenvalue weighted by molar-refractivity contribution is -0.155. The van der Waals surface area contributed by atoms with E-state index in [4.69, 9.17) is 0 Å². The van der Waals surface area contributed by atoms with E-state index in [1.165, 1.54) is 6.08 Å². The fraction of sp³-hybridized carbons (Fsp3) is 0.545. The number of hydrogen-bond acceptors (Lipinski definition) is 6. The molecule has 94 valence electrons. The Morgan fingerprint density at radius 3 is 2.71 bits per heavy atom. The van der Waals surface area contributed by atoms with Crippen molar-refractivity contribution in [2.24, 2.45) is 5.92 Å². The van der Waals surface area contributed by atoms with Crippen molar-refractivity contribution in [2.75, 3.05) is 6.61 Å². The molecule has 1 unspecified atom stereocenters. The van der Waals surface area contributed by atoms with Gasteiger partial charge in [-0.15, -0.1) is 0 Å². The van der Waals surface area contributed by atoms with Crippen molar-refractivity contribution >= 4 is 17.5 Å². The number of aliphatic hydroxyl groups is 2. The number of carbonyl (C=O) groups is 3. The van der Waals surface area contributed by atoms with Crippen LogP contribution in [0.25, 0.3) is 0 Å². The second-order valence-electron chi connectivity index (χ2n) is 3.77. The van der Waals surface area contributed by atoms with E-state index >= 15 is 0 Å². The summed E-state index contributed by atoms with van der Waals surface area (Å²) in [4.78, 5) is 33.9.